The van der Waals surface area contributed by atoms with E-state index in [0.29, 0.717) is 25.9 Å². The minimum atomic E-state index is -0.725. The maximum absolute atomic E-state index is 13.8. The number of aromatic nitrogens is 2. The monoisotopic (exact) mass is 445 g/mol. The first-order chi connectivity index (χ1) is 15.9. The van der Waals surface area contributed by atoms with Crippen LogP contribution in [0.5, 0.6) is 0 Å². The molecule has 3 heterocycles. The number of benzene rings is 2. The van der Waals surface area contributed by atoms with Crippen molar-refractivity contribution >= 4 is 22.7 Å². The first-order valence-electron chi connectivity index (χ1n) is 11.7. The number of likely N-dealkylation sites (N-methyl/N-ethyl adjacent to an activating group) is 1. The van der Waals surface area contributed by atoms with Crippen LogP contribution < -0.4 is 0 Å². The molecule has 1 aromatic heterocycles. The third-order valence-electron chi connectivity index (χ3n) is 7.56. The van der Waals surface area contributed by atoms with Gasteiger partial charge in [-0.25, -0.2) is 4.79 Å². The van der Waals surface area contributed by atoms with Crippen LogP contribution >= 0.6 is 0 Å². The lowest BCUT2D eigenvalue weighted by atomic mass is 9.85. The summed E-state index contributed by atoms with van der Waals surface area (Å²) in [7, 11) is 1.95. The Morgan fingerprint density at radius 3 is 2.39 bits per heavy atom. The van der Waals surface area contributed by atoms with Gasteiger partial charge in [0.2, 0.25) is 0 Å². The van der Waals surface area contributed by atoms with Gasteiger partial charge in [-0.1, -0.05) is 42.5 Å². The molecular formula is C26H31N5O2. The van der Waals surface area contributed by atoms with Crippen molar-refractivity contribution in [2.45, 2.75) is 45.3 Å². The second kappa shape index (κ2) is 8.30. The molecule has 0 bridgehead atoms. The molecule has 5 rings (SSSR count). The van der Waals surface area contributed by atoms with E-state index in [0.717, 1.165) is 36.0 Å². The van der Waals surface area contributed by atoms with Gasteiger partial charge < -0.3 is 4.90 Å². The maximum Gasteiger partial charge on any atom is 0.327 e. The lowest BCUT2D eigenvalue weighted by molar-refractivity contribution is -0.136. The van der Waals surface area contributed by atoms with Crippen LogP contribution in [0.2, 0.25) is 0 Å². The summed E-state index contributed by atoms with van der Waals surface area (Å²) in [5.74, 6) is -0.0421. The molecule has 172 valence electrons. The molecule has 0 N–H and O–H groups in total. The molecule has 1 spiro atoms. The van der Waals surface area contributed by atoms with Gasteiger partial charge in [0.15, 0.2) is 0 Å². The van der Waals surface area contributed by atoms with E-state index in [1.54, 1.807) is 0 Å². The predicted octanol–water partition coefficient (Wildman–Crippen LogP) is 3.70. The number of urea groups is 1. The van der Waals surface area contributed by atoms with E-state index in [-0.39, 0.29) is 11.9 Å². The number of piperidine rings is 1. The Hall–Kier alpha value is -3.19. The topological polar surface area (TPSA) is 61.7 Å². The van der Waals surface area contributed by atoms with Crippen LogP contribution in [-0.2, 0) is 24.9 Å². The molecule has 0 saturated carbocycles. The van der Waals surface area contributed by atoms with Crippen LogP contribution in [0.25, 0.3) is 10.8 Å². The van der Waals surface area contributed by atoms with Gasteiger partial charge in [0.1, 0.15) is 5.54 Å². The number of fused-ring (bicyclic) bond motifs is 1. The normalized spacial score (nSPS) is 18.8. The van der Waals surface area contributed by atoms with Crippen LogP contribution in [0.4, 0.5) is 4.79 Å². The number of hydrogen-bond donors (Lipinski definition) is 0. The number of nitrogens with zero attached hydrogens (tertiary/aromatic N) is 5. The van der Waals surface area contributed by atoms with Gasteiger partial charge in [0, 0.05) is 44.5 Å². The molecule has 2 saturated heterocycles. The van der Waals surface area contributed by atoms with E-state index in [4.69, 9.17) is 0 Å². The average molecular weight is 446 g/mol. The number of carbonyl (C=O) groups is 2. The Bertz CT molecular complexity index is 1200. The molecule has 2 aliphatic heterocycles. The van der Waals surface area contributed by atoms with Gasteiger partial charge in [0.25, 0.3) is 5.91 Å². The average Bonchev–Trinajstić information content (AvgIpc) is 3.24. The quantitative estimate of drug-likeness (QED) is 0.562. The van der Waals surface area contributed by atoms with E-state index >= 15 is 0 Å². The summed E-state index contributed by atoms with van der Waals surface area (Å²) >= 11 is 0. The van der Waals surface area contributed by atoms with Crippen molar-refractivity contribution in [3.63, 3.8) is 0 Å². The lowest BCUT2D eigenvalue weighted by Gasteiger charge is -2.41. The molecular weight excluding hydrogens is 414 g/mol. The van der Waals surface area contributed by atoms with Gasteiger partial charge in [-0.05, 0) is 43.0 Å². The highest BCUT2D eigenvalue weighted by Gasteiger charge is 2.57. The van der Waals surface area contributed by atoms with Crippen LogP contribution in [0, 0.1) is 6.92 Å². The molecule has 7 heteroatoms. The highest BCUT2D eigenvalue weighted by atomic mass is 16.2. The minimum Gasteiger partial charge on any atom is -0.310 e. The molecule has 2 aliphatic rings. The summed E-state index contributed by atoms with van der Waals surface area (Å²) < 4.78 is 1.89. The number of imide groups is 1. The molecule has 0 aliphatic carbocycles. The van der Waals surface area contributed by atoms with Gasteiger partial charge >= 0.3 is 6.03 Å². The molecule has 0 radical (unpaired) electrons. The first kappa shape index (κ1) is 21.6. The molecule has 2 fully saturated rings. The third-order valence-corrected chi connectivity index (χ3v) is 7.56. The molecule has 2 aromatic carbocycles. The fourth-order valence-electron chi connectivity index (χ4n) is 5.47. The van der Waals surface area contributed by atoms with Crippen molar-refractivity contribution in [1.82, 2.24) is 24.5 Å². The second-order valence-electron chi connectivity index (χ2n) is 9.24. The van der Waals surface area contributed by atoms with Crippen molar-refractivity contribution in [2.24, 2.45) is 7.05 Å². The number of likely N-dealkylation sites (tertiary alicyclic amines) is 1. The number of carbonyl (C=O) groups excluding carboxylic acids is 2. The summed E-state index contributed by atoms with van der Waals surface area (Å²) in [4.78, 5) is 32.8. The summed E-state index contributed by atoms with van der Waals surface area (Å²) in [6.07, 6.45) is 3.25. The summed E-state index contributed by atoms with van der Waals surface area (Å²) in [5.41, 5.74) is 2.66. The van der Waals surface area contributed by atoms with Crippen molar-refractivity contribution in [3.05, 3.63) is 65.5 Å². The molecule has 0 unspecified atom stereocenters. The maximum atomic E-state index is 13.8. The molecule has 33 heavy (non-hydrogen) atoms. The fraction of sp³-hybridized carbons (Fsp3) is 0.423. The summed E-state index contributed by atoms with van der Waals surface area (Å²) in [6.45, 7) is 7.30. The zero-order chi connectivity index (χ0) is 23.2. The fourth-order valence-corrected chi connectivity index (χ4v) is 5.47. The molecule has 3 aromatic rings. The summed E-state index contributed by atoms with van der Waals surface area (Å²) in [6, 6.07) is 14.0. The molecule has 7 nitrogen and oxygen atoms in total. The third kappa shape index (κ3) is 3.51. The van der Waals surface area contributed by atoms with Crippen LogP contribution in [-0.4, -0.2) is 61.6 Å². The molecule has 0 atom stereocenters. The van der Waals surface area contributed by atoms with E-state index < -0.39 is 5.54 Å². The number of amides is 3. The van der Waals surface area contributed by atoms with E-state index in [2.05, 4.69) is 35.1 Å². The Balaban J connectivity index is 1.36. The van der Waals surface area contributed by atoms with Crippen molar-refractivity contribution in [3.8, 4) is 0 Å². The van der Waals surface area contributed by atoms with Gasteiger partial charge in [-0.15, -0.1) is 0 Å². The van der Waals surface area contributed by atoms with Crippen LogP contribution in [0.15, 0.2) is 48.7 Å². The Kier molecular flexibility index (Phi) is 5.44. The van der Waals surface area contributed by atoms with Gasteiger partial charge in [-0.2, -0.15) is 5.10 Å². The van der Waals surface area contributed by atoms with E-state index in [1.165, 1.54) is 16.2 Å². The van der Waals surface area contributed by atoms with Crippen LogP contribution in [0.3, 0.4) is 0 Å². The number of rotatable bonds is 5. The number of hydrogen-bond acceptors (Lipinski definition) is 4. The van der Waals surface area contributed by atoms with Crippen molar-refractivity contribution in [1.29, 1.82) is 0 Å². The Morgan fingerprint density at radius 1 is 0.970 bits per heavy atom. The number of aryl methyl sites for hydroxylation is 1. The predicted molar refractivity (Wildman–Crippen MR) is 127 cm³/mol. The Labute approximate surface area is 194 Å². The van der Waals surface area contributed by atoms with E-state index in [9.17, 15) is 9.59 Å². The minimum absolute atomic E-state index is 0.0421. The first-order valence-corrected chi connectivity index (χ1v) is 11.7. The second-order valence-corrected chi connectivity index (χ2v) is 9.24. The standard InChI is InChI=1S/C26H31N5O2/c1-4-31-25(33)30(18-21-10-7-9-20-8-5-6-11-23(20)21)24(32)26(31)12-14-29(15-13-26)17-22-16-27-28(3)19(22)2/h5-11,16H,4,12-15,17-18H2,1-3H3. The van der Waals surface area contributed by atoms with Gasteiger partial charge in [0.05, 0.1) is 12.7 Å². The zero-order valence-corrected chi connectivity index (χ0v) is 19.6. The van der Waals surface area contributed by atoms with Crippen LogP contribution in [0.1, 0.15) is 36.6 Å². The van der Waals surface area contributed by atoms with E-state index in [1.807, 2.05) is 54.0 Å². The SMILES string of the molecule is CCN1C(=O)N(Cc2cccc3ccccc23)C(=O)C12CCN(Cc1cnn(C)c1C)CC2. The van der Waals surface area contributed by atoms with Crippen molar-refractivity contribution < 1.29 is 9.59 Å². The Morgan fingerprint density at radius 2 is 1.70 bits per heavy atom. The smallest absolute Gasteiger partial charge is 0.310 e. The summed E-state index contributed by atoms with van der Waals surface area (Å²) in [5, 5.41) is 6.56. The van der Waals surface area contributed by atoms with Gasteiger partial charge in [-0.3, -0.25) is 19.3 Å². The molecule has 3 amide bonds. The largest absolute Gasteiger partial charge is 0.327 e. The highest BCUT2D eigenvalue weighted by Crippen LogP contribution is 2.38. The van der Waals surface area contributed by atoms with Crippen molar-refractivity contribution in [2.75, 3.05) is 19.6 Å². The highest BCUT2D eigenvalue weighted by molar-refractivity contribution is 6.07. The lowest BCUT2D eigenvalue weighted by Crippen LogP contribution is -2.56. The zero-order valence-electron chi connectivity index (χ0n) is 19.6.